The van der Waals surface area contributed by atoms with E-state index >= 15 is 0 Å². The highest BCUT2D eigenvalue weighted by Crippen LogP contribution is 2.31. The van der Waals surface area contributed by atoms with Gasteiger partial charge in [-0.1, -0.05) is 36.4 Å². The highest BCUT2D eigenvalue weighted by Gasteiger charge is 2.47. The SMILES string of the molecule is COC1=C[C@@](O)(C(=O)O)[C@@H](C(=O)c2ccccc2)C=C1. The van der Waals surface area contributed by atoms with Gasteiger partial charge in [0.1, 0.15) is 5.76 Å². The van der Waals surface area contributed by atoms with Gasteiger partial charge in [-0.3, -0.25) is 4.79 Å². The molecule has 1 aromatic carbocycles. The van der Waals surface area contributed by atoms with Crippen LogP contribution in [-0.2, 0) is 9.53 Å². The van der Waals surface area contributed by atoms with Crippen LogP contribution in [0, 0.1) is 5.92 Å². The summed E-state index contributed by atoms with van der Waals surface area (Å²) >= 11 is 0. The molecule has 1 aromatic rings. The number of allylic oxidation sites excluding steroid dienone is 1. The Bertz CT molecular complexity index is 588. The first-order valence-electron chi connectivity index (χ1n) is 5.99. The molecular weight excluding hydrogens is 260 g/mol. The Labute approximate surface area is 115 Å². The number of hydrogen-bond acceptors (Lipinski definition) is 4. The van der Waals surface area contributed by atoms with Crippen LogP contribution >= 0.6 is 0 Å². The summed E-state index contributed by atoms with van der Waals surface area (Å²) in [5, 5.41) is 19.6. The number of carbonyl (C=O) groups excluding carboxylic acids is 1. The van der Waals surface area contributed by atoms with E-state index in [1.807, 2.05) is 0 Å². The number of aliphatic carboxylic acids is 1. The third-order valence-corrected chi connectivity index (χ3v) is 3.21. The molecule has 104 valence electrons. The third kappa shape index (κ3) is 2.35. The van der Waals surface area contributed by atoms with Crippen LogP contribution in [-0.4, -0.2) is 34.7 Å². The minimum absolute atomic E-state index is 0.201. The fraction of sp³-hybridized carbons (Fsp3) is 0.200. The summed E-state index contributed by atoms with van der Waals surface area (Å²) in [6, 6.07) is 8.26. The van der Waals surface area contributed by atoms with Crippen LogP contribution in [0.3, 0.4) is 0 Å². The van der Waals surface area contributed by atoms with E-state index in [9.17, 15) is 19.8 Å². The highest BCUT2D eigenvalue weighted by molar-refractivity contribution is 6.03. The number of carboxylic acid groups (broad SMARTS) is 1. The van der Waals surface area contributed by atoms with Gasteiger partial charge in [0.25, 0.3) is 0 Å². The molecule has 0 fully saturated rings. The Balaban J connectivity index is 2.41. The maximum Gasteiger partial charge on any atom is 0.341 e. The summed E-state index contributed by atoms with van der Waals surface area (Å²) in [7, 11) is 1.36. The van der Waals surface area contributed by atoms with Crippen molar-refractivity contribution in [2.75, 3.05) is 7.11 Å². The predicted octanol–water partition coefficient (Wildman–Crippen LogP) is 1.40. The van der Waals surface area contributed by atoms with Crippen molar-refractivity contribution in [2.45, 2.75) is 5.60 Å². The minimum Gasteiger partial charge on any atom is -0.497 e. The van der Waals surface area contributed by atoms with Crippen LogP contribution in [0.2, 0.25) is 0 Å². The first-order valence-corrected chi connectivity index (χ1v) is 5.99. The number of hydrogen-bond donors (Lipinski definition) is 2. The largest absolute Gasteiger partial charge is 0.497 e. The second-order valence-electron chi connectivity index (χ2n) is 4.45. The number of carbonyl (C=O) groups is 2. The van der Waals surface area contributed by atoms with Gasteiger partial charge in [-0.25, -0.2) is 4.79 Å². The zero-order valence-electron chi connectivity index (χ0n) is 10.8. The number of benzene rings is 1. The monoisotopic (exact) mass is 274 g/mol. The molecule has 0 radical (unpaired) electrons. The van der Waals surface area contributed by atoms with E-state index in [0.29, 0.717) is 5.56 Å². The van der Waals surface area contributed by atoms with Crippen molar-refractivity contribution in [1.82, 2.24) is 0 Å². The van der Waals surface area contributed by atoms with Crippen LogP contribution in [0.4, 0.5) is 0 Å². The van der Waals surface area contributed by atoms with Gasteiger partial charge in [-0.2, -0.15) is 0 Å². The molecule has 0 heterocycles. The Kier molecular flexibility index (Phi) is 3.72. The number of aliphatic hydroxyl groups is 1. The van der Waals surface area contributed by atoms with Gasteiger partial charge in [0.05, 0.1) is 13.0 Å². The molecule has 5 nitrogen and oxygen atoms in total. The van der Waals surface area contributed by atoms with Gasteiger partial charge in [-0.05, 0) is 6.08 Å². The van der Waals surface area contributed by atoms with Crippen molar-refractivity contribution in [2.24, 2.45) is 5.92 Å². The summed E-state index contributed by atoms with van der Waals surface area (Å²) in [4.78, 5) is 23.7. The number of ketones is 1. The average Bonchev–Trinajstić information content (AvgIpc) is 2.47. The van der Waals surface area contributed by atoms with Crippen molar-refractivity contribution in [3.05, 3.63) is 59.9 Å². The molecule has 0 saturated heterocycles. The van der Waals surface area contributed by atoms with Gasteiger partial charge in [0.15, 0.2) is 11.4 Å². The van der Waals surface area contributed by atoms with Crippen molar-refractivity contribution in [1.29, 1.82) is 0 Å². The number of Topliss-reactive ketones (excluding diaryl/α,β-unsaturated/α-hetero) is 1. The topological polar surface area (TPSA) is 83.8 Å². The lowest BCUT2D eigenvalue weighted by molar-refractivity contribution is -0.155. The standard InChI is InChI=1S/C15H14O5/c1-20-11-7-8-12(15(19,9-11)14(17)18)13(16)10-5-3-2-4-6-10/h2-9,12,19H,1H3,(H,17,18)/t12-,15+/m1/s1. The van der Waals surface area contributed by atoms with E-state index in [1.165, 1.54) is 19.3 Å². The Morgan fingerprint density at radius 3 is 2.45 bits per heavy atom. The number of ether oxygens (including phenoxy) is 1. The normalized spacial score (nSPS) is 24.9. The third-order valence-electron chi connectivity index (χ3n) is 3.21. The van der Waals surface area contributed by atoms with Crippen LogP contribution in [0.5, 0.6) is 0 Å². The van der Waals surface area contributed by atoms with Gasteiger partial charge in [-0.15, -0.1) is 0 Å². The van der Waals surface area contributed by atoms with Crippen LogP contribution in [0.1, 0.15) is 10.4 Å². The lowest BCUT2D eigenvalue weighted by atomic mass is 9.78. The summed E-state index contributed by atoms with van der Waals surface area (Å²) in [5.41, 5.74) is -1.97. The van der Waals surface area contributed by atoms with Crippen LogP contribution < -0.4 is 0 Å². The second-order valence-corrected chi connectivity index (χ2v) is 4.45. The van der Waals surface area contributed by atoms with Crippen LogP contribution in [0.15, 0.2) is 54.3 Å². The first kappa shape index (κ1) is 14.0. The Hall–Kier alpha value is -2.40. The molecule has 0 aromatic heterocycles. The maximum absolute atomic E-state index is 12.4. The molecule has 2 rings (SSSR count). The zero-order chi connectivity index (χ0) is 14.8. The molecule has 0 spiro atoms. The fourth-order valence-electron chi connectivity index (χ4n) is 2.08. The summed E-state index contributed by atoms with van der Waals surface area (Å²) in [5.74, 6) is -2.95. The molecule has 2 N–H and O–H groups in total. The van der Waals surface area contributed by atoms with E-state index in [1.54, 1.807) is 30.3 Å². The van der Waals surface area contributed by atoms with Gasteiger partial charge in [0, 0.05) is 11.6 Å². The lowest BCUT2D eigenvalue weighted by Crippen LogP contribution is -2.48. The molecule has 5 heteroatoms. The number of rotatable bonds is 4. The fourth-order valence-corrected chi connectivity index (χ4v) is 2.08. The highest BCUT2D eigenvalue weighted by atomic mass is 16.5. The van der Waals surface area contributed by atoms with E-state index in [4.69, 9.17) is 4.74 Å². The minimum atomic E-state index is -2.31. The number of carboxylic acids is 1. The van der Waals surface area contributed by atoms with Crippen molar-refractivity contribution < 1.29 is 24.5 Å². The molecule has 0 unspecified atom stereocenters. The average molecular weight is 274 g/mol. The van der Waals surface area contributed by atoms with Gasteiger partial charge < -0.3 is 14.9 Å². The van der Waals surface area contributed by atoms with Crippen molar-refractivity contribution in [3.8, 4) is 0 Å². The smallest absolute Gasteiger partial charge is 0.341 e. The van der Waals surface area contributed by atoms with Crippen molar-refractivity contribution in [3.63, 3.8) is 0 Å². The summed E-state index contributed by atoms with van der Waals surface area (Å²) in [6.07, 6.45) is 3.87. The van der Waals surface area contributed by atoms with Crippen LogP contribution in [0.25, 0.3) is 0 Å². The summed E-state index contributed by atoms with van der Waals surface area (Å²) in [6.45, 7) is 0. The Morgan fingerprint density at radius 2 is 1.90 bits per heavy atom. The van der Waals surface area contributed by atoms with Crippen molar-refractivity contribution >= 4 is 11.8 Å². The molecule has 1 aliphatic carbocycles. The molecule has 1 aliphatic rings. The molecule has 2 atom stereocenters. The van der Waals surface area contributed by atoms with E-state index in [-0.39, 0.29) is 5.76 Å². The molecule has 0 amide bonds. The first-order chi connectivity index (χ1) is 9.49. The van der Waals surface area contributed by atoms with Gasteiger partial charge in [0.2, 0.25) is 0 Å². The molecule has 0 saturated carbocycles. The van der Waals surface area contributed by atoms with Gasteiger partial charge >= 0.3 is 5.97 Å². The van der Waals surface area contributed by atoms with E-state index < -0.39 is 23.3 Å². The van der Waals surface area contributed by atoms with E-state index in [0.717, 1.165) is 6.08 Å². The zero-order valence-corrected chi connectivity index (χ0v) is 10.8. The maximum atomic E-state index is 12.4. The quantitative estimate of drug-likeness (QED) is 0.811. The molecule has 20 heavy (non-hydrogen) atoms. The predicted molar refractivity (Wildman–Crippen MR) is 71.1 cm³/mol. The second kappa shape index (κ2) is 5.30. The molecule has 0 bridgehead atoms. The number of methoxy groups -OCH3 is 1. The summed E-state index contributed by atoms with van der Waals surface area (Å²) < 4.78 is 4.91. The molecule has 0 aliphatic heterocycles. The molecular formula is C15H14O5. The van der Waals surface area contributed by atoms with E-state index in [2.05, 4.69) is 0 Å². The lowest BCUT2D eigenvalue weighted by Gasteiger charge is -2.29. The Morgan fingerprint density at radius 1 is 1.25 bits per heavy atom.